The van der Waals surface area contributed by atoms with E-state index < -0.39 is 5.97 Å². The number of hydrogen-bond acceptors (Lipinski definition) is 3. The maximum atomic E-state index is 11.2. The quantitative estimate of drug-likeness (QED) is 0.786. The number of aromatic nitrogens is 2. The Morgan fingerprint density at radius 2 is 2.19 bits per heavy atom. The summed E-state index contributed by atoms with van der Waals surface area (Å²) in [4.78, 5) is 15.6. The minimum absolute atomic E-state index is 0.127. The number of fused-ring (bicyclic) bond motifs is 1. The Balaban J connectivity index is 1.84. The second-order valence-electron chi connectivity index (χ2n) is 4.43. The molecule has 0 radical (unpaired) electrons. The highest BCUT2D eigenvalue weighted by Crippen LogP contribution is 2.24. The van der Waals surface area contributed by atoms with Gasteiger partial charge in [0.2, 0.25) is 0 Å². The van der Waals surface area contributed by atoms with Gasteiger partial charge in [0.05, 0.1) is 5.69 Å². The summed E-state index contributed by atoms with van der Waals surface area (Å²) >= 11 is 3.31. The second-order valence-corrected chi connectivity index (χ2v) is 5.35. The summed E-state index contributed by atoms with van der Waals surface area (Å²) in [5.41, 5.74) is 1.68. The van der Waals surface area contributed by atoms with Crippen LogP contribution in [0.2, 0.25) is 0 Å². The molecule has 21 heavy (non-hydrogen) atoms. The molecule has 2 heterocycles. The Morgan fingerprint density at radius 1 is 1.33 bits per heavy atom. The van der Waals surface area contributed by atoms with Crippen molar-refractivity contribution in [1.29, 1.82) is 0 Å². The lowest BCUT2D eigenvalue weighted by molar-refractivity contribution is 0.0691. The van der Waals surface area contributed by atoms with E-state index in [0.29, 0.717) is 5.75 Å². The number of carboxylic acids is 1. The normalized spacial score (nSPS) is 10.7. The molecule has 0 saturated carbocycles. The molecule has 0 unspecified atom stereocenters. The van der Waals surface area contributed by atoms with Crippen molar-refractivity contribution in [3.05, 3.63) is 64.5 Å². The summed E-state index contributed by atoms with van der Waals surface area (Å²) in [7, 11) is 0. The molecule has 2 aromatic heterocycles. The Bertz CT molecular complexity index is 781. The highest BCUT2D eigenvalue weighted by Gasteiger charge is 2.12. The lowest BCUT2D eigenvalue weighted by Gasteiger charge is -2.08. The molecule has 0 aliphatic heterocycles. The molecule has 1 N–H and O–H groups in total. The van der Waals surface area contributed by atoms with Crippen LogP contribution in [0.25, 0.3) is 5.65 Å². The SMILES string of the molecule is O=C(O)c1ccc(Br)cc1OCc1cn2ccccc2n1. The predicted molar refractivity (Wildman–Crippen MR) is 80.6 cm³/mol. The van der Waals surface area contributed by atoms with Crippen LogP contribution in [0.5, 0.6) is 5.75 Å². The van der Waals surface area contributed by atoms with Gasteiger partial charge in [-0.05, 0) is 30.3 Å². The van der Waals surface area contributed by atoms with Crippen LogP contribution >= 0.6 is 15.9 Å². The van der Waals surface area contributed by atoms with Crippen LogP contribution in [0.15, 0.2) is 53.3 Å². The number of aromatic carboxylic acids is 1. The molecule has 0 amide bonds. The molecule has 0 atom stereocenters. The van der Waals surface area contributed by atoms with Gasteiger partial charge in [-0.1, -0.05) is 22.0 Å². The third-order valence-corrected chi connectivity index (χ3v) is 3.46. The number of carboxylic acid groups (broad SMARTS) is 1. The zero-order valence-corrected chi connectivity index (χ0v) is 12.4. The van der Waals surface area contributed by atoms with E-state index in [2.05, 4.69) is 20.9 Å². The molecule has 0 spiro atoms. The smallest absolute Gasteiger partial charge is 0.339 e. The monoisotopic (exact) mass is 346 g/mol. The van der Waals surface area contributed by atoms with E-state index in [9.17, 15) is 4.79 Å². The topological polar surface area (TPSA) is 63.8 Å². The van der Waals surface area contributed by atoms with Crippen molar-refractivity contribution in [2.24, 2.45) is 0 Å². The number of carbonyl (C=O) groups is 1. The molecule has 6 heteroatoms. The van der Waals surface area contributed by atoms with Gasteiger partial charge in [-0.25, -0.2) is 9.78 Å². The molecule has 106 valence electrons. The number of benzene rings is 1. The van der Waals surface area contributed by atoms with Crippen molar-refractivity contribution in [3.8, 4) is 5.75 Å². The van der Waals surface area contributed by atoms with E-state index in [1.807, 2.05) is 35.0 Å². The summed E-state index contributed by atoms with van der Waals surface area (Å²) in [5, 5.41) is 9.15. The zero-order chi connectivity index (χ0) is 14.8. The van der Waals surface area contributed by atoms with Gasteiger partial charge in [-0.3, -0.25) is 0 Å². The van der Waals surface area contributed by atoms with Crippen LogP contribution in [-0.4, -0.2) is 20.5 Å². The van der Waals surface area contributed by atoms with E-state index in [4.69, 9.17) is 9.84 Å². The molecule has 3 aromatic rings. The van der Waals surface area contributed by atoms with Crippen LogP contribution in [0.4, 0.5) is 0 Å². The average molecular weight is 347 g/mol. The van der Waals surface area contributed by atoms with Gasteiger partial charge in [0.1, 0.15) is 23.6 Å². The fraction of sp³-hybridized carbons (Fsp3) is 0.0667. The van der Waals surface area contributed by atoms with E-state index in [1.54, 1.807) is 12.1 Å². The molecular weight excluding hydrogens is 336 g/mol. The first-order chi connectivity index (χ1) is 10.1. The summed E-state index contributed by atoms with van der Waals surface area (Å²) in [6, 6.07) is 10.5. The van der Waals surface area contributed by atoms with Crippen molar-refractivity contribution in [2.45, 2.75) is 6.61 Å². The van der Waals surface area contributed by atoms with Crippen molar-refractivity contribution in [1.82, 2.24) is 9.38 Å². The standard InChI is InChI=1S/C15H11BrN2O3/c16-10-4-5-12(15(19)20)13(7-10)21-9-11-8-18-6-2-1-3-14(18)17-11/h1-8H,9H2,(H,19,20). The third kappa shape index (κ3) is 2.90. The fourth-order valence-electron chi connectivity index (χ4n) is 2.00. The number of imidazole rings is 1. The van der Waals surface area contributed by atoms with Gasteiger partial charge in [0.25, 0.3) is 0 Å². The third-order valence-electron chi connectivity index (χ3n) is 2.96. The predicted octanol–water partition coefficient (Wildman–Crippen LogP) is 3.37. The number of pyridine rings is 1. The molecule has 1 aromatic carbocycles. The Labute approximate surface area is 128 Å². The number of ether oxygens (including phenoxy) is 1. The van der Waals surface area contributed by atoms with Crippen LogP contribution in [0.1, 0.15) is 16.1 Å². The van der Waals surface area contributed by atoms with E-state index in [-0.39, 0.29) is 12.2 Å². The van der Waals surface area contributed by atoms with Crippen molar-refractivity contribution in [2.75, 3.05) is 0 Å². The molecule has 5 nitrogen and oxygen atoms in total. The maximum absolute atomic E-state index is 11.2. The first-order valence-electron chi connectivity index (χ1n) is 6.22. The lowest BCUT2D eigenvalue weighted by atomic mass is 10.2. The van der Waals surface area contributed by atoms with Crippen LogP contribution in [-0.2, 0) is 6.61 Å². The summed E-state index contributed by atoms with van der Waals surface area (Å²) < 4.78 is 8.26. The fourth-order valence-corrected chi connectivity index (χ4v) is 2.34. The van der Waals surface area contributed by atoms with E-state index in [0.717, 1.165) is 15.8 Å². The zero-order valence-electron chi connectivity index (χ0n) is 10.9. The molecule has 0 saturated heterocycles. The first-order valence-corrected chi connectivity index (χ1v) is 7.01. The van der Waals surface area contributed by atoms with Crippen molar-refractivity contribution >= 4 is 27.5 Å². The van der Waals surface area contributed by atoms with Crippen LogP contribution < -0.4 is 4.74 Å². The van der Waals surface area contributed by atoms with Gasteiger partial charge >= 0.3 is 5.97 Å². The molecule has 0 aliphatic rings. The molecule has 0 fully saturated rings. The average Bonchev–Trinajstić information content (AvgIpc) is 2.87. The number of hydrogen-bond donors (Lipinski definition) is 1. The number of rotatable bonds is 4. The summed E-state index contributed by atoms with van der Waals surface area (Å²) in [6.07, 6.45) is 3.75. The number of nitrogens with zero attached hydrogens (tertiary/aromatic N) is 2. The van der Waals surface area contributed by atoms with Gasteiger partial charge in [0.15, 0.2) is 0 Å². The molecule has 0 bridgehead atoms. The minimum atomic E-state index is -1.02. The highest BCUT2D eigenvalue weighted by atomic mass is 79.9. The molecule has 0 aliphatic carbocycles. The highest BCUT2D eigenvalue weighted by molar-refractivity contribution is 9.10. The summed E-state index contributed by atoms with van der Waals surface area (Å²) in [5.74, 6) is -0.707. The van der Waals surface area contributed by atoms with Gasteiger partial charge in [-0.2, -0.15) is 0 Å². The van der Waals surface area contributed by atoms with Crippen LogP contribution in [0, 0.1) is 0 Å². The van der Waals surface area contributed by atoms with Crippen molar-refractivity contribution in [3.63, 3.8) is 0 Å². The Hall–Kier alpha value is -2.34. The summed E-state index contributed by atoms with van der Waals surface area (Å²) in [6.45, 7) is 0.207. The Morgan fingerprint density at radius 3 is 2.95 bits per heavy atom. The van der Waals surface area contributed by atoms with Crippen molar-refractivity contribution < 1.29 is 14.6 Å². The number of halogens is 1. The maximum Gasteiger partial charge on any atom is 0.339 e. The lowest BCUT2D eigenvalue weighted by Crippen LogP contribution is -2.03. The van der Waals surface area contributed by atoms with E-state index >= 15 is 0 Å². The van der Waals surface area contributed by atoms with Crippen LogP contribution in [0.3, 0.4) is 0 Å². The van der Waals surface area contributed by atoms with Gasteiger partial charge in [-0.15, -0.1) is 0 Å². The van der Waals surface area contributed by atoms with Gasteiger partial charge < -0.3 is 14.2 Å². The second kappa shape index (κ2) is 5.57. The van der Waals surface area contributed by atoms with Gasteiger partial charge in [0, 0.05) is 16.9 Å². The first kappa shape index (κ1) is 13.6. The minimum Gasteiger partial charge on any atom is -0.486 e. The Kier molecular flexibility index (Phi) is 3.62. The molecular formula is C15H11BrN2O3. The van der Waals surface area contributed by atoms with E-state index in [1.165, 1.54) is 6.07 Å². The largest absolute Gasteiger partial charge is 0.486 e. The molecule has 3 rings (SSSR count).